The van der Waals surface area contributed by atoms with E-state index in [1.165, 1.54) is 0 Å². The third-order valence-electron chi connectivity index (χ3n) is 4.04. The lowest BCUT2D eigenvalue weighted by molar-refractivity contribution is -0.126. The van der Waals surface area contributed by atoms with Crippen molar-refractivity contribution in [3.05, 3.63) is 29.0 Å². The number of nitrogens with zero attached hydrogens (tertiary/aromatic N) is 3. The molecule has 126 valence electrons. The number of halogens is 1. The highest BCUT2D eigenvalue weighted by Gasteiger charge is 2.23. The third-order valence-corrected chi connectivity index (χ3v) is 4.27. The fraction of sp³-hybridized carbons (Fsp3) is 0.529. The molecule has 2 aromatic rings. The normalized spacial score (nSPS) is 13.0. The summed E-state index contributed by atoms with van der Waals surface area (Å²) in [6, 6.07) is 5.57. The molecule has 6 heteroatoms. The highest BCUT2D eigenvalue weighted by molar-refractivity contribution is 6.31. The van der Waals surface area contributed by atoms with Gasteiger partial charge < -0.3 is 9.88 Å². The Morgan fingerprint density at radius 2 is 2.09 bits per heavy atom. The van der Waals surface area contributed by atoms with Crippen molar-refractivity contribution in [2.24, 2.45) is 13.0 Å². The second-order valence-electron chi connectivity index (χ2n) is 6.41. The lowest BCUT2D eigenvalue weighted by atomic mass is 10.0. The first-order chi connectivity index (χ1) is 10.8. The van der Waals surface area contributed by atoms with Crippen LogP contribution in [-0.2, 0) is 18.3 Å². The van der Waals surface area contributed by atoms with Gasteiger partial charge >= 0.3 is 0 Å². The van der Waals surface area contributed by atoms with E-state index in [-0.39, 0.29) is 17.9 Å². The number of fused-ring (bicyclic) bond motifs is 1. The van der Waals surface area contributed by atoms with Crippen molar-refractivity contribution in [2.75, 3.05) is 20.6 Å². The van der Waals surface area contributed by atoms with Crippen LogP contribution in [0.5, 0.6) is 0 Å². The molecule has 0 aliphatic heterocycles. The van der Waals surface area contributed by atoms with Gasteiger partial charge in [-0.3, -0.25) is 9.69 Å². The highest BCUT2D eigenvalue weighted by Crippen LogP contribution is 2.19. The van der Waals surface area contributed by atoms with Crippen LogP contribution in [-0.4, -0.2) is 47.0 Å². The summed E-state index contributed by atoms with van der Waals surface area (Å²) in [5, 5.41) is 3.70. The van der Waals surface area contributed by atoms with Crippen LogP contribution in [0.4, 0.5) is 0 Å². The Morgan fingerprint density at radius 3 is 2.70 bits per heavy atom. The zero-order valence-electron chi connectivity index (χ0n) is 14.4. The molecule has 1 aromatic heterocycles. The van der Waals surface area contributed by atoms with Gasteiger partial charge in [-0.15, -0.1) is 0 Å². The molecule has 0 saturated heterocycles. The van der Waals surface area contributed by atoms with E-state index in [1.807, 2.05) is 48.8 Å². The SMILES string of the molecule is CC(C)[C@@H](C(=O)NCCc1nc2cc(Cl)ccc2n1C)N(C)C. The first-order valence-corrected chi connectivity index (χ1v) is 8.24. The average Bonchev–Trinajstić information content (AvgIpc) is 2.74. The van der Waals surface area contributed by atoms with Crippen LogP contribution in [0, 0.1) is 5.92 Å². The van der Waals surface area contributed by atoms with Gasteiger partial charge in [0.2, 0.25) is 5.91 Å². The third kappa shape index (κ3) is 4.03. The molecule has 1 N–H and O–H groups in total. The van der Waals surface area contributed by atoms with E-state index in [4.69, 9.17) is 11.6 Å². The molecule has 0 aliphatic carbocycles. The van der Waals surface area contributed by atoms with Gasteiger partial charge in [0, 0.05) is 25.0 Å². The Hall–Kier alpha value is -1.59. The van der Waals surface area contributed by atoms with Crippen molar-refractivity contribution in [1.82, 2.24) is 19.8 Å². The van der Waals surface area contributed by atoms with Gasteiger partial charge in [-0.2, -0.15) is 0 Å². The van der Waals surface area contributed by atoms with Crippen LogP contribution in [0.2, 0.25) is 5.02 Å². The Bertz CT molecular complexity index is 685. The molecule has 0 spiro atoms. The number of hydrogen-bond acceptors (Lipinski definition) is 3. The summed E-state index contributed by atoms with van der Waals surface area (Å²) < 4.78 is 2.05. The lowest BCUT2D eigenvalue weighted by Gasteiger charge is -2.26. The zero-order chi connectivity index (χ0) is 17.1. The van der Waals surface area contributed by atoms with Crippen molar-refractivity contribution < 1.29 is 4.79 Å². The largest absolute Gasteiger partial charge is 0.354 e. The molecule has 23 heavy (non-hydrogen) atoms. The summed E-state index contributed by atoms with van der Waals surface area (Å²) in [6.07, 6.45) is 0.687. The van der Waals surface area contributed by atoms with Gasteiger partial charge in [0.25, 0.3) is 0 Å². The zero-order valence-corrected chi connectivity index (χ0v) is 15.2. The predicted octanol–water partition coefficient (Wildman–Crippen LogP) is 2.47. The number of carbonyl (C=O) groups is 1. The maximum atomic E-state index is 12.3. The van der Waals surface area contributed by atoms with Crippen LogP contribution in [0.3, 0.4) is 0 Å². The van der Waals surface area contributed by atoms with E-state index < -0.39 is 0 Å². The van der Waals surface area contributed by atoms with Crippen LogP contribution >= 0.6 is 11.6 Å². The minimum Gasteiger partial charge on any atom is -0.354 e. The van der Waals surface area contributed by atoms with Crippen molar-refractivity contribution in [3.8, 4) is 0 Å². The van der Waals surface area contributed by atoms with Crippen molar-refractivity contribution >= 4 is 28.5 Å². The van der Waals surface area contributed by atoms with Gasteiger partial charge in [-0.25, -0.2) is 4.98 Å². The molecule has 0 saturated carbocycles. The fourth-order valence-electron chi connectivity index (χ4n) is 2.98. The van der Waals surface area contributed by atoms with E-state index in [2.05, 4.69) is 24.1 Å². The monoisotopic (exact) mass is 336 g/mol. The van der Waals surface area contributed by atoms with E-state index in [1.54, 1.807) is 0 Å². The Kier molecular flexibility index (Phi) is 5.65. The molecule has 1 atom stereocenters. The van der Waals surface area contributed by atoms with Gasteiger partial charge in [-0.05, 0) is 38.2 Å². The minimum absolute atomic E-state index is 0.0619. The van der Waals surface area contributed by atoms with E-state index >= 15 is 0 Å². The number of aromatic nitrogens is 2. The van der Waals surface area contributed by atoms with Crippen molar-refractivity contribution in [3.63, 3.8) is 0 Å². The van der Waals surface area contributed by atoms with Crippen molar-refractivity contribution in [1.29, 1.82) is 0 Å². The molecule has 0 radical (unpaired) electrons. The smallest absolute Gasteiger partial charge is 0.237 e. The first-order valence-electron chi connectivity index (χ1n) is 7.86. The number of imidazole rings is 1. The lowest BCUT2D eigenvalue weighted by Crippen LogP contribution is -2.47. The molecule has 1 aromatic carbocycles. The maximum absolute atomic E-state index is 12.3. The average molecular weight is 337 g/mol. The molecule has 1 heterocycles. The van der Waals surface area contributed by atoms with E-state index in [0.717, 1.165) is 16.9 Å². The predicted molar refractivity (Wildman–Crippen MR) is 94.8 cm³/mol. The first kappa shape index (κ1) is 17.8. The number of amides is 1. The molecule has 0 bridgehead atoms. The number of likely N-dealkylation sites (N-methyl/N-ethyl adjacent to an activating group) is 1. The van der Waals surface area contributed by atoms with Gasteiger partial charge in [0.15, 0.2) is 0 Å². The standard InChI is InChI=1S/C17H25ClN4O/c1-11(2)16(21(3)4)17(23)19-9-8-15-20-13-10-12(18)6-7-14(13)22(15)5/h6-7,10-11,16H,8-9H2,1-5H3,(H,19,23)/t16-/m0/s1. The van der Waals surface area contributed by atoms with Gasteiger partial charge in [0.1, 0.15) is 5.82 Å². The molecule has 0 aliphatic rings. The van der Waals surface area contributed by atoms with E-state index in [0.29, 0.717) is 18.0 Å². The van der Waals surface area contributed by atoms with Crippen molar-refractivity contribution in [2.45, 2.75) is 26.3 Å². The van der Waals surface area contributed by atoms with Crippen LogP contribution in [0.1, 0.15) is 19.7 Å². The van der Waals surface area contributed by atoms with Gasteiger partial charge in [-0.1, -0.05) is 25.4 Å². The number of hydrogen-bond donors (Lipinski definition) is 1. The maximum Gasteiger partial charge on any atom is 0.237 e. The van der Waals surface area contributed by atoms with Gasteiger partial charge in [0.05, 0.1) is 17.1 Å². The summed E-state index contributed by atoms with van der Waals surface area (Å²) in [5.74, 6) is 1.27. The summed E-state index contributed by atoms with van der Waals surface area (Å²) in [5.41, 5.74) is 1.93. The van der Waals surface area contributed by atoms with Crippen LogP contribution < -0.4 is 5.32 Å². The summed E-state index contributed by atoms with van der Waals surface area (Å²) in [6.45, 7) is 4.68. The quantitative estimate of drug-likeness (QED) is 0.881. The number of benzene rings is 1. The molecular weight excluding hydrogens is 312 g/mol. The number of rotatable bonds is 6. The Labute approximate surface area is 142 Å². The summed E-state index contributed by atoms with van der Waals surface area (Å²) >= 11 is 6.01. The molecule has 0 unspecified atom stereocenters. The summed E-state index contributed by atoms with van der Waals surface area (Å²) in [4.78, 5) is 18.9. The highest BCUT2D eigenvalue weighted by atomic mass is 35.5. The topological polar surface area (TPSA) is 50.2 Å². The number of carbonyl (C=O) groups excluding carboxylic acids is 1. The summed E-state index contributed by atoms with van der Waals surface area (Å²) in [7, 11) is 5.84. The van der Waals surface area contributed by atoms with E-state index in [9.17, 15) is 4.79 Å². The number of aryl methyl sites for hydroxylation is 1. The molecule has 0 fully saturated rings. The number of nitrogens with one attached hydrogen (secondary N) is 1. The second-order valence-corrected chi connectivity index (χ2v) is 6.85. The van der Waals surface area contributed by atoms with Crippen LogP contribution in [0.15, 0.2) is 18.2 Å². The molecule has 2 rings (SSSR count). The van der Waals surface area contributed by atoms with Crippen LogP contribution in [0.25, 0.3) is 11.0 Å². The molecule has 1 amide bonds. The minimum atomic E-state index is -0.116. The molecular formula is C17H25ClN4O. The second kappa shape index (κ2) is 7.32. The Balaban J connectivity index is 2.01. The fourth-order valence-corrected chi connectivity index (χ4v) is 3.15. The Morgan fingerprint density at radius 1 is 1.39 bits per heavy atom. The molecule has 5 nitrogen and oxygen atoms in total.